The molecule has 0 unspecified atom stereocenters. The first-order chi connectivity index (χ1) is 24.8. The van der Waals surface area contributed by atoms with Crippen molar-refractivity contribution in [3.05, 3.63) is 188 Å². The van der Waals surface area contributed by atoms with Crippen molar-refractivity contribution in [3.63, 3.8) is 0 Å². The Morgan fingerprint density at radius 2 is 0.880 bits per heavy atom. The Kier molecular flexibility index (Phi) is 6.53. The van der Waals surface area contributed by atoms with E-state index in [4.69, 9.17) is 4.42 Å². The maximum absolute atomic E-state index is 6.94. The number of furan rings is 1. The highest BCUT2D eigenvalue weighted by atomic mass is 16.3. The van der Waals surface area contributed by atoms with E-state index >= 15 is 0 Å². The fraction of sp³-hybridized carbons (Fsp3) is 0. The van der Waals surface area contributed by atoms with Crippen molar-refractivity contribution in [2.75, 3.05) is 4.90 Å². The van der Waals surface area contributed by atoms with Crippen molar-refractivity contribution in [2.24, 2.45) is 0 Å². The van der Waals surface area contributed by atoms with Crippen LogP contribution in [0, 0.1) is 0 Å². The molecule has 0 saturated heterocycles. The average Bonchev–Trinajstić information content (AvgIpc) is 3.54. The molecule has 50 heavy (non-hydrogen) atoms. The van der Waals surface area contributed by atoms with Gasteiger partial charge in [0.2, 0.25) is 0 Å². The summed E-state index contributed by atoms with van der Waals surface area (Å²) in [5, 5.41) is 9.48. The van der Waals surface area contributed by atoms with Crippen molar-refractivity contribution < 1.29 is 4.42 Å². The van der Waals surface area contributed by atoms with Gasteiger partial charge in [0.15, 0.2) is 0 Å². The monoisotopic (exact) mass is 637 g/mol. The molecular formula is C48H31NO. The molecule has 234 valence electrons. The molecule has 0 aliphatic rings. The molecule has 10 rings (SSSR count). The highest BCUT2D eigenvalue weighted by Crippen LogP contribution is 2.44. The zero-order valence-corrected chi connectivity index (χ0v) is 27.3. The van der Waals surface area contributed by atoms with Gasteiger partial charge in [-0.1, -0.05) is 133 Å². The van der Waals surface area contributed by atoms with Gasteiger partial charge < -0.3 is 9.32 Å². The fourth-order valence-corrected chi connectivity index (χ4v) is 7.53. The van der Waals surface area contributed by atoms with E-state index in [1.54, 1.807) is 0 Å². The van der Waals surface area contributed by atoms with Gasteiger partial charge in [0.25, 0.3) is 0 Å². The Labute approximate surface area is 290 Å². The predicted molar refractivity (Wildman–Crippen MR) is 212 cm³/mol. The molecule has 1 aromatic heterocycles. The highest BCUT2D eigenvalue weighted by Gasteiger charge is 2.20. The SMILES string of the molecule is c1ccc(-c2ccc(N(c3ccc4ccccc4c3)c3ccc4c(c3)oc3c(-c5ccc6ccccc6c5)c5ccccc5cc34)cc2)cc1. The fourth-order valence-electron chi connectivity index (χ4n) is 7.53. The first-order valence-corrected chi connectivity index (χ1v) is 17.1. The van der Waals surface area contributed by atoms with E-state index < -0.39 is 0 Å². The summed E-state index contributed by atoms with van der Waals surface area (Å²) in [7, 11) is 0. The topological polar surface area (TPSA) is 16.4 Å². The number of nitrogens with zero attached hydrogens (tertiary/aromatic N) is 1. The first-order valence-electron chi connectivity index (χ1n) is 17.1. The standard InChI is InChI=1S/C48H31NO/c1-2-10-32(11-3-1)35-20-23-40(24-21-35)49(41-25-22-34-13-5-7-15-37(34)29-41)42-26-27-44-45-30-38-16-8-9-17-43(38)47(48(45)50-46(44)31-42)39-19-18-33-12-4-6-14-36(33)28-39/h1-31H. The Hall–Kier alpha value is -6.64. The molecule has 1 heterocycles. The predicted octanol–water partition coefficient (Wildman–Crippen LogP) is 13.8. The molecule has 0 aliphatic carbocycles. The summed E-state index contributed by atoms with van der Waals surface area (Å²) in [4.78, 5) is 2.33. The molecular weight excluding hydrogens is 607 g/mol. The van der Waals surface area contributed by atoms with E-state index in [9.17, 15) is 0 Å². The summed E-state index contributed by atoms with van der Waals surface area (Å²) in [5.41, 5.74) is 9.66. The van der Waals surface area contributed by atoms with Gasteiger partial charge in [-0.25, -0.2) is 0 Å². The second kappa shape index (κ2) is 11.5. The first kappa shape index (κ1) is 28.4. The van der Waals surface area contributed by atoms with Gasteiger partial charge in [0.1, 0.15) is 11.2 Å². The van der Waals surface area contributed by atoms with Crippen molar-refractivity contribution in [2.45, 2.75) is 0 Å². The van der Waals surface area contributed by atoms with Crippen molar-refractivity contribution in [1.29, 1.82) is 0 Å². The molecule has 0 saturated carbocycles. The number of rotatable bonds is 5. The van der Waals surface area contributed by atoms with Gasteiger partial charge in [-0.3, -0.25) is 0 Å². The summed E-state index contributed by atoms with van der Waals surface area (Å²) in [6.45, 7) is 0. The van der Waals surface area contributed by atoms with Crippen molar-refractivity contribution in [3.8, 4) is 22.3 Å². The van der Waals surface area contributed by atoms with Gasteiger partial charge in [-0.2, -0.15) is 0 Å². The van der Waals surface area contributed by atoms with E-state index in [1.165, 1.54) is 43.4 Å². The van der Waals surface area contributed by atoms with E-state index in [-0.39, 0.29) is 0 Å². The van der Waals surface area contributed by atoms with E-state index in [0.717, 1.165) is 50.1 Å². The van der Waals surface area contributed by atoms with Crippen LogP contribution in [0.1, 0.15) is 0 Å². The molecule has 0 amide bonds. The quantitative estimate of drug-likeness (QED) is 0.187. The van der Waals surface area contributed by atoms with Gasteiger partial charge in [0, 0.05) is 39.5 Å². The van der Waals surface area contributed by atoms with Gasteiger partial charge >= 0.3 is 0 Å². The molecule has 0 radical (unpaired) electrons. The van der Waals surface area contributed by atoms with Gasteiger partial charge in [0.05, 0.1) is 0 Å². The minimum atomic E-state index is 0.863. The number of fused-ring (bicyclic) bond motifs is 6. The van der Waals surface area contributed by atoms with E-state index in [1.807, 2.05) is 0 Å². The summed E-state index contributed by atoms with van der Waals surface area (Å²) >= 11 is 0. The smallest absolute Gasteiger partial charge is 0.143 e. The molecule has 0 fully saturated rings. The molecule has 0 spiro atoms. The van der Waals surface area contributed by atoms with E-state index in [2.05, 4.69) is 193 Å². The molecule has 10 aromatic rings. The Morgan fingerprint density at radius 1 is 0.320 bits per heavy atom. The zero-order valence-electron chi connectivity index (χ0n) is 27.3. The molecule has 0 atom stereocenters. The third kappa shape index (κ3) is 4.73. The largest absolute Gasteiger partial charge is 0.455 e. The average molecular weight is 638 g/mol. The van der Waals surface area contributed by atoms with Crippen LogP contribution in [-0.2, 0) is 0 Å². The van der Waals surface area contributed by atoms with Crippen LogP contribution in [0.4, 0.5) is 17.1 Å². The zero-order chi connectivity index (χ0) is 33.0. The number of benzene rings is 9. The van der Waals surface area contributed by atoms with Gasteiger partial charge in [-0.15, -0.1) is 0 Å². The van der Waals surface area contributed by atoms with Crippen LogP contribution in [0.25, 0.3) is 76.5 Å². The van der Waals surface area contributed by atoms with Crippen LogP contribution in [0.3, 0.4) is 0 Å². The van der Waals surface area contributed by atoms with Crippen LogP contribution in [0.15, 0.2) is 192 Å². The second-order valence-electron chi connectivity index (χ2n) is 13.0. The Morgan fingerprint density at radius 3 is 1.66 bits per heavy atom. The molecule has 9 aromatic carbocycles. The number of anilines is 3. The van der Waals surface area contributed by atoms with Crippen LogP contribution < -0.4 is 4.90 Å². The van der Waals surface area contributed by atoms with Crippen LogP contribution in [-0.4, -0.2) is 0 Å². The maximum Gasteiger partial charge on any atom is 0.143 e. The summed E-state index contributed by atoms with van der Waals surface area (Å²) < 4.78 is 6.94. The summed E-state index contributed by atoms with van der Waals surface area (Å²) in [6.07, 6.45) is 0. The molecule has 2 heteroatoms. The summed E-state index contributed by atoms with van der Waals surface area (Å²) in [6, 6.07) is 67.4. The van der Waals surface area contributed by atoms with Crippen LogP contribution in [0.2, 0.25) is 0 Å². The van der Waals surface area contributed by atoms with Crippen LogP contribution >= 0.6 is 0 Å². The molecule has 0 aliphatic heterocycles. The maximum atomic E-state index is 6.94. The number of hydrogen-bond acceptors (Lipinski definition) is 2. The molecule has 2 nitrogen and oxygen atoms in total. The lowest BCUT2D eigenvalue weighted by Gasteiger charge is -2.26. The Bertz CT molecular complexity index is 2870. The third-order valence-electron chi connectivity index (χ3n) is 9.99. The molecule has 0 N–H and O–H groups in total. The lowest BCUT2D eigenvalue weighted by Crippen LogP contribution is -2.09. The molecule has 0 bridgehead atoms. The lowest BCUT2D eigenvalue weighted by molar-refractivity contribution is 0.670. The third-order valence-corrected chi connectivity index (χ3v) is 9.99. The highest BCUT2D eigenvalue weighted by molar-refractivity contribution is 6.19. The summed E-state index contributed by atoms with van der Waals surface area (Å²) in [5.74, 6) is 0. The second-order valence-corrected chi connectivity index (χ2v) is 13.0. The number of hydrogen-bond donors (Lipinski definition) is 0. The Balaban J connectivity index is 1.17. The van der Waals surface area contributed by atoms with E-state index in [0.29, 0.717) is 0 Å². The van der Waals surface area contributed by atoms with Crippen molar-refractivity contribution >= 4 is 71.3 Å². The minimum absolute atomic E-state index is 0.863. The normalized spacial score (nSPS) is 11.6. The van der Waals surface area contributed by atoms with Gasteiger partial charge in [-0.05, 0) is 97.5 Å². The minimum Gasteiger partial charge on any atom is -0.455 e. The lowest BCUT2D eigenvalue weighted by atomic mass is 9.94. The van der Waals surface area contributed by atoms with Crippen LogP contribution in [0.5, 0.6) is 0 Å². The van der Waals surface area contributed by atoms with Crippen molar-refractivity contribution in [1.82, 2.24) is 0 Å².